The lowest BCUT2D eigenvalue weighted by Gasteiger charge is -2.34. The number of aryl methyl sites for hydroxylation is 1. The van der Waals surface area contributed by atoms with Gasteiger partial charge in [0.25, 0.3) is 0 Å². The molecule has 0 radical (unpaired) electrons. The molecule has 1 saturated heterocycles. The van der Waals surface area contributed by atoms with Crippen molar-refractivity contribution in [1.82, 2.24) is 19.7 Å². The number of H-pyrrole nitrogens is 1. The van der Waals surface area contributed by atoms with Gasteiger partial charge in [0, 0.05) is 29.4 Å². The molecule has 4 heterocycles. The Morgan fingerprint density at radius 3 is 3.04 bits per heavy atom. The number of aromatic amines is 1. The smallest absolute Gasteiger partial charge is 0.330 e. The molecular weight excluding hydrogens is 316 g/mol. The maximum absolute atomic E-state index is 12.0. The molecule has 122 valence electrons. The van der Waals surface area contributed by atoms with E-state index in [0.29, 0.717) is 12.4 Å². The summed E-state index contributed by atoms with van der Waals surface area (Å²) in [4.78, 5) is 28.5. The van der Waals surface area contributed by atoms with Crippen LogP contribution in [-0.2, 0) is 24.4 Å². The molecule has 2 aliphatic heterocycles. The van der Waals surface area contributed by atoms with Crippen LogP contribution in [0.15, 0.2) is 21.7 Å². The minimum absolute atomic E-state index is 0.262. The van der Waals surface area contributed by atoms with E-state index in [2.05, 4.69) is 34.2 Å². The van der Waals surface area contributed by atoms with Crippen molar-refractivity contribution in [2.45, 2.75) is 38.6 Å². The lowest BCUT2D eigenvalue weighted by Crippen LogP contribution is -2.51. The van der Waals surface area contributed by atoms with Gasteiger partial charge in [0.05, 0.1) is 6.54 Å². The van der Waals surface area contributed by atoms with Crippen LogP contribution < -0.4 is 11.1 Å². The van der Waals surface area contributed by atoms with Crippen LogP contribution in [0.1, 0.15) is 22.0 Å². The fraction of sp³-hybridized carbons (Fsp3) is 0.533. The summed E-state index contributed by atoms with van der Waals surface area (Å²) in [5.41, 5.74) is -1.60. The fourth-order valence-corrected chi connectivity index (χ4v) is 4.32. The predicted molar refractivity (Wildman–Crippen MR) is 85.6 cm³/mol. The molecule has 0 unspecified atom stereocenters. The number of thiophene rings is 1. The second kappa shape index (κ2) is 5.40. The Balaban J connectivity index is 1.53. The monoisotopic (exact) mass is 334 g/mol. The van der Waals surface area contributed by atoms with E-state index in [-0.39, 0.29) is 6.61 Å². The summed E-state index contributed by atoms with van der Waals surface area (Å²) in [6, 6.07) is 4.30. The van der Waals surface area contributed by atoms with Gasteiger partial charge in [0.2, 0.25) is 0 Å². The summed E-state index contributed by atoms with van der Waals surface area (Å²) in [5, 5.41) is 6.13. The molecule has 2 aliphatic rings. The van der Waals surface area contributed by atoms with Gasteiger partial charge < -0.3 is 4.74 Å². The highest BCUT2D eigenvalue weighted by Crippen LogP contribution is 2.32. The Bertz CT molecular complexity index is 855. The molecule has 7 nitrogen and oxygen atoms in total. The van der Waals surface area contributed by atoms with Gasteiger partial charge in [0.1, 0.15) is 12.2 Å². The summed E-state index contributed by atoms with van der Waals surface area (Å²) < 4.78 is 7.51. The number of hydrogen-bond acceptors (Lipinski definition) is 6. The zero-order valence-electron chi connectivity index (χ0n) is 12.9. The third-order valence-corrected chi connectivity index (χ3v) is 5.55. The Kier molecular flexibility index (Phi) is 3.47. The van der Waals surface area contributed by atoms with Crippen LogP contribution in [-0.4, -0.2) is 38.4 Å². The van der Waals surface area contributed by atoms with Gasteiger partial charge in [-0.1, -0.05) is 0 Å². The lowest BCUT2D eigenvalue weighted by molar-refractivity contribution is -0.0853. The molecule has 8 heteroatoms. The van der Waals surface area contributed by atoms with E-state index in [1.165, 1.54) is 14.3 Å². The quantitative estimate of drug-likeness (QED) is 0.808. The summed E-state index contributed by atoms with van der Waals surface area (Å²) in [6.45, 7) is 5.37. The van der Waals surface area contributed by atoms with Crippen LogP contribution in [0.2, 0.25) is 0 Å². The summed E-state index contributed by atoms with van der Waals surface area (Å²) in [6.07, 6.45) is 0.857. The SMILES string of the molecule is Cc1ccc(CN2CC[C@]3(C2)Cn2c(n[nH]c(=O)c2=O)CO3)s1. The van der Waals surface area contributed by atoms with Crippen molar-refractivity contribution in [2.24, 2.45) is 0 Å². The first-order chi connectivity index (χ1) is 11.0. The Morgan fingerprint density at radius 1 is 1.39 bits per heavy atom. The number of likely N-dealkylation sites (tertiary alicyclic amines) is 1. The van der Waals surface area contributed by atoms with Crippen LogP contribution >= 0.6 is 11.3 Å². The average Bonchev–Trinajstić information content (AvgIpc) is 3.11. The standard InChI is InChI=1S/C15H18N4O3S/c1-10-2-3-11(23-10)6-18-5-4-15(8-18)9-19-12(7-22-15)16-17-13(20)14(19)21/h2-3H,4-9H2,1H3,(H,17,20)/t15-/m0/s1. The van der Waals surface area contributed by atoms with Crippen molar-refractivity contribution in [2.75, 3.05) is 13.1 Å². The van der Waals surface area contributed by atoms with Gasteiger partial charge >= 0.3 is 11.1 Å². The van der Waals surface area contributed by atoms with Crippen LogP contribution in [0.3, 0.4) is 0 Å². The van der Waals surface area contributed by atoms with E-state index >= 15 is 0 Å². The third kappa shape index (κ3) is 2.66. The summed E-state index contributed by atoms with van der Waals surface area (Å²) in [7, 11) is 0. The lowest BCUT2D eigenvalue weighted by atomic mass is 10.0. The van der Waals surface area contributed by atoms with E-state index in [1.807, 2.05) is 11.3 Å². The van der Waals surface area contributed by atoms with E-state index in [1.54, 1.807) is 0 Å². The number of hydrogen-bond donors (Lipinski definition) is 1. The van der Waals surface area contributed by atoms with E-state index in [9.17, 15) is 9.59 Å². The van der Waals surface area contributed by atoms with Gasteiger partial charge in [-0.25, -0.2) is 5.10 Å². The minimum atomic E-state index is -0.672. The third-order valence-electron chi connectivity index (χ3n) is 4.56. The molecule has 1 fully saturated rings. The van der Waals surface area contributed by atoms with Gasteiger partial charge in [0.15, 0.2) is 5.82 Å². The van der Waals surface area contributed by atoms with Crippen molar-refractivity contribution in [3.05, 3.63) is 48.4 Å². The first kappa shape index (κ1) is 14.8. The molecule has 2 aromatic heterocycles. The highest BCUT2D eigenvalue weighted by molar-refractivity contribution is 7.11. The number of nitrogens with zero attached hydrogens (tertiary/aromatic N) is 3. The highest BCUT2D eigenvalue weighted by Gasteiger charge is 2.43. The fourth-order valence-electron chi connectivity index (χ4n) is 3.39. The van der Waals surface area contributed by atoms with Crippen molar-refractivity contribution >= 4 is 11.3 Å². The highest BCUT2D eigenvalue weighted by atomic mass is 32.1. The second-order valence-electron chi connectivity index (χ2n) is 6.30. The molecule has 0 aromatic carbocycles. The van der Waals surface area contributed by atoms with Crippen molar-refractivity contribution in [1.29, 1.82) is 0 Å². The topological polar surface area (TPSA) is 80.2 Å². The first-order valence-electron chi connectivity index (χ1n) is 7.65. The van der Waals surface area contributed by atoms with E-state index < -0.39 is 16.7 Å². The van der Waals surface area contributed by atoms with E-state index in [4.69, 9.17) is 4.74 Å². The van der Waals surface area contributed by atoms with Crippen molar-refractivity contribution in [3.8, 4) is 0 Å². The van der Waals surface area contributed by atoms with Crippen LogP contribution in [0, 0.1) is 6.92 Å². The second-order valence-corrected chi connectivity index (χ2v) is 7.68. The number of fused-ring (bicyclic) bond motifs is 1. The molecule has 0 saturated carbocycles. The number of ether oxygens (including phenoxy) is 1. The normalized spacial score (nSPS) is 24.2. The van der Waals surface area contributed by atoms with Gasteiger partial charge in [-0.3, -0.25) is 19.1 Å². The molecule has 1 spiro atoms. The largest absolute Gasteiger partial charge is 0.364 e. The number of rotatable bonds is 2. The molecule has 0 amide bonds. The molecule has 0 aliphatic carbocycles. The van der Waals surface area contributed by atoms with Crippen molar-refractivity contribution < 1.29 is 4.74 Å². The van der Waals surface area contributed by atoms with Gasteiger partial charge in [-0.05, 0) is 25.5 Å². The Morgan fingerprint density at radius 2 is 2.26 bits per heavy atom. The van der Waals surface area contributed by atoms with Gasteiger partial charge in [-0.2, -0.15) is 5.10 Å². The average molecular weight is 334 g/mol. The maximum atomic E-state index is 12.0. The zero-order valence-corrected chi connectivity index (χ0v) is 13.7. The minimum Gasteiger partial charge on any atom is -0.364 e. The molecular formula is C15H18N4O3S. The van der Waals surface area contributed by atoms with Crippen molar-refractivity contribution in [3.63, 3.8) is 0 Å². The molecule has 4 rings (SSSR count). The molecule has 0 bridgehead atoms. The van der Waals surface area contributed by atoms with Gasteiger partial charge in [-0.15, -0.1) is 11.3 Å². The summed E-state index contributed by atoms with van der Waals surface area (Å²) >= 11 is 1.81. The van der Waals surface area contributed by atoms with E-state index in [0.717, 1.165) is 26.1 Å². The summed E-state index contributed by atoms with van der Waals surface area (Å²) in [5.74, 6) is 0.493. The first-order valence-corrected chi connectivity index (χ1v) is 8.46. The molecule has 23 heavy (non-hydrogen) atoms. The van der Waals surface area contributed by atoms with Crippen LogP contribution in [0.4, 0.5) is 0 Å². The number of aromatic nitrogens is 3. The number of nitrogens with one attached hydrogen (secondary N) is 1. The zero-order chi connectivity index (χ0) is 16.0. The molecule has 2 aromatic rings. The van der Waals surface area contributed by atoms with Crippen LogP contribution in [0.25, 0.3) is 0 Å². The predicted octanol–water partition coefficient (Wildman–Crippen LogP) is 0.476. The Hall–Kier alpha value is -1.77. The maximum Gasteiger partial charge on any atom is 0.330 e. The molecule has 1 N–H and O–H groups in total. The van der Waals surface area contributed by atoms with Crippen LogP contribution in [0.5, 0.6) is 0 Å². The molecule has 1 atom stereocenters. The Labute approximate surface area is 136 Å².